The van der Waals surface area contributed by atoms with Crippen molar-refractivity contribution < 1.29 is 4.39 Å². The van der Waals surface area contributed by atoms with E-state index in [0.717, 1.165) is 10.4 Å². The highest BCUT2D eigenvalue weighted by atomic mass is 32.1. The summed E-state index contributed by atoms with van der Waals surface area (Å²) in [7, 11) is 0. The molecule has 0 amide bonds. The number of rotatable bonds is 3. The summed E-state index contributed by atoms with van der Waals surface area (Å²) in [6.07, 6.45) is 0. The van der Waals surface area contributed by atoms with Crippen molar-refractivity contribution in [3.05, 3.63) is 70.4 Å². The lowest BCUT2D eigenvalue weighted by molar-refractivity contribution is 0.602. The molecule has 3 aromatic rings. The first-order chi connectivity index (χ1) is 9.69. The van der Waals surface area contributed by atoms with Crippen LogP contribution in [-0.2, 0) is 0 Å². The zero-order chi connectivity index (χ0) is 14.1. The predicted molar refractivity (Wildman–Crippen MR) is 82.1 cm³/mol. The standard InChI is InChI=1S/C16H15FN2S/c1-10-6-7-12(8-13(10)17)16(19-18)15-9-11-4-2-3-5-14(11)20-15/h2-9,16,19H,18H2,1H3. The van der Waals surface area contributed by atoms with E-state index in [1.54, 1.807) is 30.4 Å². The van der Waals surface area contributed by atoms with Crippen molar-refractivity contribution in [2.45, 2.75) is 13.0 Å². The molecule has 0 fully saturated rings. The fourth-order valence-corrected chi connectivity index (χ4v) is 3.43. The molecule has 3 rings (SSSR count). The second-order valence-electron chi connectivity index (χ2n) is 4.79. The Morgan fingerprint density at radius 2 is 1.95 bits per heavy atom. The summed E-state index contributed by atoms with van der Waals surface area (Å²) in [5, 5.41) is 1.18. The molecule has 0 bridgehead atoms. The smallest absolute Gasteiger partial charge is 0.126 e. The Balaban J connectivity index is 2.06. The monoisotopic (exact) mass is 286 g/mol. The van der Waals surface area contributed by atoms with Gasteiger partial charge in [-0.3, -0.25) is 5.84 Å². The van der Waals surface area contributed by atoms with Gasteiger partial charge in [-0.05, 0) is 41.6 Å². The highest BCUT2D eigenvalue weighted by Crippen LogP contribution is 2.33. The normalized spacial score (nSPS) is 12.8. The zero-order valence-electron chi connectivity index (χ0n) is 11.1. The lowest BCUT2D eigenvalue weighted by Gasteiger charge is -2.15. The van der Waals surface area contributed by atoms with Crippen molar-refractivity contribution in [2.24, 2.45) is 5.84 Å². The maximum absolute atomic E-state index is 13.7. The minimum atomic E-state index is -0.205. The highest BCUT2D eigenvalue weighted by molar-refractivity contribution is 7.19. The van der Waals surface area contributed by atoms with Crippen LogP contribution in [0.25, 0.3) is 10.1 Å². The van der Waals surface area contributed by atoms with E-state index in [1.165, 1.54) is 10.1 Å². The van der Waals surface area contributed by atoms with Gasteiger partial charge in [-0.25, -0.2) is 9.82 Å². The molecule has 2 nitrogen and oxygen atoms in total. The van der Waals surface area contributed by atoms with Crippen LogP contribution < -0.4 is 11.3 Å². The van der Waals surface area contributed by atoms with Crippen LogP contribution in [0.3, 0.4) is 0 Å². The zero-order valence-corrected chi connectivity index (χ0v) is 11.9. The fourth-order valence-electron chi connectivity index (χ4n) is 2.28. The SMILES string of the molecule is Cc1ccc(C(NN)c2cc3ccccc3s2)cc1F. The number of aryl methyl sites for hydroxylation is 1. The second-order valence-corrected chi connectivity index (χ2v) is 5.91. The highest BCUT2D eigenvalue weighted by Gasteiger charge is 2.16. The summed E-state index contributed by atoms with van der Waals surface area (Å²) in [6.45, 7) is 1.75. The van der Waals surface area contributed by atoms with E-state index in [4.69, 9.17) is 5.84 Å². The Labute approximate surface area is 121 Å². The van der Waals surface area contributed by atoms with E-state index in [2.05, 4.69) is 23.6 Å². The molecule has 0 aliphatic heterocycles. The van der Waals surface area contributed by atoms with Gasteiger partial charge in [-0.2, -0.15) is 0 Å². The number of nitrogens with two attached hydrogens (primary N) is 1. The fraction of sp³-hybridized carbons (Fsp3) is 0.125. The summed E-state index contributed by atoms with van der Waals surface area (Å²) in [5.74, 6) is 5.48. The molecule has 102 valence electrons. The molecule has 1 aromatic heterocycles. The van der Waals surface area contributed by atoms with Crippen molar-refractivity contribution in [3.63, 3.8) is 0 Å². The topological polar surface area (TPSA) is 38.0 Å². The first kappa shape index (κ1) is 13.2. The van der Waals surface area contributed by atoms with Gasteiger partial charge in [0, 0.05) is 9.58 Å². The number of halogens is 1. The first-order valence-corrected chi connectivity index (χ1v) is 7.21. The molecule has 2 aromatic carbocycles. The minimum Gasteiger partial charge on any atom is -0.271 e. The van der Waals surface area contributed by atoms with Gasteiger partial charge in [-0.15, -0.1) is 11.3 Å². The van der Waals surface area contributed by atoms with Crippen LogP contribution in [0, 0.1) is 12.7 Å². The molecule has 0 radical (unpaired) electrons. The summed E-state index contributed by atoms with van der Waals surface area (Å²) in [5.41, 5.74) is 4.26. The third kappa shape index (κ3) is 2.33. The Bertz CT molecular complexity index is 718. The average molecular weight is 286 g/mol. The summed E-state index contributed by atoms with van der Waals surface area (Å²) < 4.78 is 14.9. The molecule has 3 N–H and O–H groups in total. The van der Waals surface area contributed by atoms with Gasteiger partial charge < -0.3 is 0 Å². The van der Waals surface area contributed by atoms with E-state index in [0.29, 0.717) is 5.56 Å². The maximum atomic E-state index is 13.7. The predicted octanol–water partition coefficient (Wildman–Crippen LogP) is 3.90. The van der Waals surface area contributed by atoms with Crippen LogP contribution in [-0.4, -0.2) is 0 Å². The summed E-state index contributed by atoms with van der Waals surface area (Å²) in [4.78, 5) is 1.08. The van der Waals surface area contributed by atoms with Crippen molar-refractivity contribution >= 4 is 21.4 Å². The largest absolute Gasteiger partial charge is 0.271 e. The summed E-state index contributed by atoms with van der Waals surface area (Å²) >= 11 is 1.67. The minimum absolute atomic E-state index is 0.192. The van der Waals surface area contributed by atoms with E-state index < -0.39 is 0 Å². The Hall–Kier alpha value is -1.75. The molecule has 4 heteroatoms. The van der Waals surface area contributed by atoms with Gasteiger partial charge in [0.05, 0.1) is 6.04 Å². The van der Waals surface area contributed by atoms with Crippen LogP contribution >= 0.6 is 11.3 Å². The third-order valence-electron chi connectivity index (χ3n) is 3.42. The third-order valence-corrected chi connectivity index (χ3v) is 4.61. The van der Waals surface area contributed by atoms with E-state index >= 15 is 0 Å². The van der Waals surface area contributed by atoms with Gasteiger partial charge in [0.2, 0.25) is 0 Å². The molecule has 0 aliphatic rings. The lowest BCUT2D eigenvalue weighted by atomic mass is 10.0. The molecular weight excluding hydrogens is 271 g/mol. The van der Waals surface area contributed by atoms with E-state index in [1.807, 2.05) is 18.2 Å². The number of benzene rings is 2. The van der Waals surface area contributed by atoms with Gasteiger partial charge in [-0.1, -0.05) is 30.3 Å². The van der Waals surface area contributed by atoms with E-state index in [9.17, 15) is 4.39 Å². The van der Waals surface area contributed by atoms with Crippen LogP contribution in [0.1, 0.15) is 22.0 Å². The maximum Gasteiger partial charge on any atom is 0.126 e. The van der Waals surface area contributed by atoms with Crippen molar-refractivity contribution in [1.29, 1.82) is 0 Å². The molecule has 20 heavy (non-hydrogen) atoms. The molecule has 0 aliphatic carbocycles. The van der Waals surface area contributed by atoms with Crippen molar-refractivity contribution in [3.8, 4) is 0 Å². The van der Waals surface area contributed by atoms with Crippen molar-refractivity contribution in [2.75, 3.05) is 0 Å². The Morgan fingerprint density at radius 3 is 2.65 bits per heavy atom. The lowest BCUT2D eigenvalue weighted by Crippen LogP contribution is -2.28. The molecule has 0 saturated heterocycles. The molecular formula is C16H15FN2S. The van der Waals surface area contributed by atoms with Crippen LogP contribution in [0.2, 0.25) is 0 Å². The number of hydrazine groups is 1. The molecule has 0 spiro atoms. The van der Waals surface area contributed by atoms with Gasteiger partial charge >= 0.3 is 0 Å². The molecule has 1 unspecified atom stereocenters. The Kier molecular flexibility index (Phi) is 3.53. The summed E-state index contributed by atoms with van der Waals surface area (Å²) in [6, 6.07) is 15.3. The molecule has 1 heterocycles. The number of thiophene rings is 1. The van der Waals surface area contributed by atoms with Crippen LogP contribution in [0.15, 0.2) is 48.5 Å². The van der Waals surface area contributed by atoms with Gasteiger partial charge in [0.15, 0.2) is 0 Å². The van der Waals surface area contributed by atoms with Crippen LogP contribution in [0.4, 0.5) is 4.39 Å². The van der Waals surface area contributed by atoms with Gasteiger partial charge in [0.25, 0.3) is 0 Å². The quantitative estimate of drug-likeness (QED) is 0.566. The molecule has 0 saturated carbocycles. The molecule has 1 atom stereocenters. The van der Waals surface area contributed by atoms with Gasteiger partial charge in [0.1, 0.15) is 5.82 Å². The van der Waals surface area contributed by atoms with E-state index in [-0.39, 0.29) is 11.9 Å². The van der Waals surface area contributed by atoms with Crippen LogP contribution in [0.5, 0.6) is 0 Å². The average Bonchev–Trinajstić information content (AvgIpc) is 2.87. The number of hydrogen-bond donors (Lipinski definition) is 2. The number of fused-ring (bicyclic) bond motifs is 1. The number of nitrogens with one attached hydrogen (secondary N) is 1. The van der Waals surface area contributed by atoms with Crippen molar-refractivity contribution in [1.82, 2.24) is 5.43 Å². The second kappa shape index (κ2) is 5.32. The Morgan fingerprint density at radius 1 is 1.15 bits per heavy atom. The first-order valence-electron chi connectivity index (χ1n) is 6.39. The number of hydrogen-bond acceptors (Lipinski definition) is 3.